The maximum atomic E-state index is 2.71. The van der Waals surface area contributed by atoms with Gasteiger partial charge in [0, 0.05) is 76.4 Å². The molecule has 36 heavy (non-hydrogen) atoms. The van der Waals surface area contributed by atoms with E-state index in [1.807, 2.05) is 0 Å². The van der Waals surface area contributed by atoms with Crippen molar-refractivity contribution in [2.75, 3.05) is 37.6 Å². The summed E-state index contributed by atoms with van der Waals surface area (Å²) in [4.78, 5) is 7.93. The van der Waals surface area contributed by atoms with Crippen molar-refractivity contribution in [2.24, 2.45) is 7.05 Å². The van der Waals surface area contributed by atoms with Gasteiger partial charge < -0.3 is 9.47 Å². The second kappa shape index (κ2) is 10.3. The standard InChI is InChI=1S/C32H36N4/c1-33-18-10-17-31(33)32-30(25-34-19-21-35(22-20-34)28-14-6-3-7-15-28)29-16-9-8-13-27(29)24-36(32)23-26-11-4-2-5-12-26/h2-18,30,32H,19-25H2,1H3/t30-,32-/m1/s1. The third-order valence-electron chi connectivity index (χ3n) is 8.07. The predicted octanol–water partition coefficient (Wildman–Crippen LogP) is 5.69. The highest BCUT2D eigenvalue weighted by Gasteiger charge is 2.38. The highest BCUT2D eigenvalue weighted by atomic mass is 15.3. The largest absolute Gasteiger partial charge is 0.369 e. The number of rotatable bonds is 6. The maximum absolute atomic E-state index is 2.71. The van der Waals surface area contributed by atoms with E-state index in [1.54, 1.807) is 0 Å². The molecule has 3 aromatic carbocycles. The lowest BCUT2D eigenvalue weighted by molar-refractivity contribution is 0.106. The van der Waals surface area contributed by atoms with Crippen molar-refractivity contribution < 1.29 is 0 Å². The zero-order valence-corrected chi connectivity index (χ0v) is 21.2. The maximum Gasteiger partial charge on any atom is 0.0588 e. The first-order valence-corrected chi connectivity index (χ1v) is 13.3. The normalized spacial score (nSPS) is 20.9. The molecule has 3 heterocycles. The van der Waals surface area contributed by atoms with Crippen molar-refractivity contribution in [1.82, 2.24) is 14.4 Å². The summed E-state index contributed by atoms with van der Waals surface area (Å²) in [5, 5.41) is 0. The van der Waals surface area contributed by atoms with Gasteiger partial charge in [0.05, 0.1) is 6.04 Å². The Morgan fingerprint density at radius 2 is 1.42 bits per heavy atom. The molecule has 0 amide bonds. The number of aromatic nitrogens is 1. The summed E-state index contributed by atoms with van der Waals surface area (Å²) >= 11 is 0. The van der Waals surface area contributed by atoms with E-state index < -0.39 is 0 Å². The summed E-state index contributed by atoms with van der Waals surface area (Å²) in [6, 6.07) is 35.9. The van der Waals surface area contributed by atoms with Gasteiger partial charge in [-0.25, -0.2) is 0 Å². The number of hydrogen-bond donors (Lipinski definition) is 0. The van der Waals surface area contributed by atoms with Gasteiger partial charge in [0.15, 0.2) is 0 Å². The Morgan fingerprint density at radius 3 is 2.14 bits per heavy atom. The lowest BCUT2D eigenvalue weighted by Crippen LogP contribution is -2.49. The molecule has 0 aliphatic carbocycles. The van der Waals surface area contributed by atoms with E-state index in [0.717, 1.165) is 45.8 Å². The van der Waals surface area contributed by atoms with Crippen molar-refractivity contribution in [3.8, 4) is 0 Å². The van der Waals surface area contributed by atoms with Crippen LogP contribution in [0, 0.1) is 0 Å². The van der Waals surface area contributed by atoms with Crippen LogP contribution >= 0.6 is 0 Å². The third-order valence-corrected chi connectivity index (χ3v) is 8.07. The van der Waals surface area contributed by atoms with E-state index in [0.29, 0.717) is 12.0 Å². The molecule has 4 nitrogen and oxygen atoms in total. The minimum Gasteiger partial charge on any atom is -0.369 e. The number of fused-ring (bicyclic) bond motifs is 1. The fourth-order valence-electron chi connectivity index (χ4n) is 6.23. The predicted molar refractivity (Wildman–Crippen MR) is 148 cm³/mol. The molecule has 0 radical (unpaired) electrons. The van der Waals surface area contributed by atoms with Gasteiger partial charge in [-0.05, 0) is 41.0 Å². The molecule has 0 unspecified atom stereocenters. The fourth-order valence-corrected chi connectivity index (χ4v) is 6.23. The first-order valence-electron chi connectivity index (χ1n) is 13.3. The van der Waals surface area contributed by atoms with Gasteiger partial charge in [0.25, 0.3) is 0 Å². The van der Waals surface area contributed by atoms with Crippen molar-refractivity contribution in [3.63, 3.8) is 0 Å². The van der Waals surface area contributed by atoms with Crippen LogP contribution in [-0.2, 0) is 20.1 Å². The summed E-state index contributed by atoms with van der Waals surface area (Å²) in [5.74, 6) is 0.426. The first kappa shape index (κ1) is 23.1. The Labute approximate surface area is 215 Å². The quantitative estimate of drug-likeness (QED) is 0.355. The summed E-state index contributed by atoms with van der Waals surface area (Å²) < 4.78 is 2.33. The molecule has 0 saturated carbocycles. The van der Waals surface area contributed by atoms with Gasteiger partial charge in [-0.3, -0.25) is 9.80 Å². The smallest absolute Gasteiger partial charge is 0.0588 e. The van der Waals surface area contributed by atoms with Gasteiger partial charge in [0.2, 0.25) is 0 Å². The average Bonchev–Trinajstić information content (AvgIpc) is 3.35. The zero-order chi connectivity index (χ0) is 24.3. The minimum absolute atomic E-state index is 0.340. The van der Waals surface area contributed by atoms with Crippen molar-refractivity contribution in [1.29, 1.82) is 0 Å². The summed E-state index contributed by atoms with van der Waals surface area (Å²) in [7, 11) is 2.20. The second-order valence-electron chi connectivity index (χ2n) is 10.3. The molecule has 4 aromatic rings. The number of benzene rings is 3. The van der Waals surface area contributed by atoms with Crippen molar-refractivity contribution in [2.45, 2.75) is 25.0 Å². The summed E-state index contributed by atoms with van der Waals surface area (Å²) in [6.45, 7) is 7.41. The van der Waals surface area contributed by atoms with Crippen LogP contribution in [0.5, 0.6) is 0 Å². The van der Waals surface area contributed by atoms with Crippen molar-refractivity contribution >= 4 is 5.69 Å². The van der Waals surface area contributed by atoms with Gasteiger partial charge in [-0.1, -0.05) is 72.8 Å². The number of para-hydroxylation sites is 1. The zero-order valence-electron chi connectivity index (χ0n) is 21.2. The van der Waals surface area contributed by atoms with Gasteiger partial charge in [0.1, 0.15) is 0 Å². The Kier molecular flexibility index (Phi) is 6.63. The Hall–Kier alpha value is -3.34. The molecule has 1 fully saturated rings. The summed E-state index contributed by atoms with van der Waals surface area (Å²) in [5.41, 5.74) is 7.14. The molecule has 0 N–H and O–H groups in total. The fraction of sp³-hybridized carbons (Fsp3) is 0.312. The van der Waals surface area contributed by atoms with Gasteiger partial charge in [-0.2, -0.15) is 0 Å². The molecule has 2 aliphatic heterocycles. The average molecular weight is 477 g/mol. The Balaban J connectivity index is 1.29. The highest BCUT2D eigenvalue weighted by molar-refractivity contribution is 5.46. The molecule has 1 saturated heterocycles. The molecule has 2 aliphatic rings. The Morgan fingerprint density at radius 1 is 0.722 bits per heavy atom. The lowest BCUT2D eigenvalue weighted by atomic mass is 9.81. The minimum atomic E-state index is 0.340. The topological polar surface area (TPSA) is 14.7 Å². The van der Waals surface area contributed by atoms with E-state index >= 15 is 0 Å². The number of hydrogen-bond acceptors (Lipinski definition) is 3. The van der Waals surface area contributed by atoms with Crippen molar-refractivity contribution in [3.05, 3.63) is 126 Å². The van der Waals surface area contributed by atoms with Crippen LogP contribution < -0.4 is 4.90 Å². The summed E-state index contributed by atoms with van der Waals surface area (Å²) in [6.07, 6.45) is 2.20. The van der Waals surface area contributed by atoms with E-state index in [1.165, 1.54) is 28.1 Å². The number of aryl methyl sites for hydroxylation is 1. The molecular weight excluding hydrogens is 440 g/mol. The Bertz CT molecular complexity index is 1260. The van der Waals surface area contributed by atoms with E-state index in [9.17, 15) is 0 Å². The van der Waals surface area contributed by atoms with E-state index in [2.05, 4.69) is 130 Å². The first-order chi connectivity index (χ1) is 17.8. The van der Waals surface area contributed by atoms with E-state index in [4.69, 9.17) is 0 Å². The van der Waals surface area contributed by atoms with Crippen LogP contribution in [0.15, 0.2) is 103 Å². The van der Waals surface area contributed by atoms with Crippen LogP contribution in [0.25, 0.3) is 0 Å². The van der Waals surface area contributed by atoms with Gasteiger partial charge in [-0.15, -0.1) is 0 Å². The number of nitrogens with zero attached hydrogens (tertiary/aromatic N) is 4. The molecule has 0 spiro atoms. The van der Waals surface area contributed by atoms with Crippen LogP contribution in [0.3, 0.4) is 0 Å². The molecular formula is C32H36N4. The molecule has 0 bridgehead atoms. The number of piperazine rings is 1. The van der Waals surface area contributed by atoms with Crippen LogP contribution in [0.4, 0.5) is 5.69 Å². The highest BCUT2D eigenvalue weighted by Crippen LogP contribution is 2.44. The van der Waals surface area contributed by atoms with Gasteiger partial charge >= 0.3 is 0 Å². The molecule has 6 rings (SSSR count). The SMILES string of the molecule is Cn1cccc1[C@H]1[C@H](CN2CCN(c3ccccc3)CC2)c2ccccc2CN1Cc1ccccc1. The van der Waals surface area contributed by atoms with Crippen LogP contribution in [0.1, 0.15) is 34.3 Å². The molecule has 2 atom stereocenters. The molecule has 1 aromatic heterocycles. The second-order valence-corrected chi connectivity index (χ2v) is 10.3. The third kappa shape index (κ3) is 4.71. The van der Waals surface area contributed by atoms with E-state index in [-0.39, 0.29) is 0 Å². The number of anilines is 1. The molecule has 184 valence electrons. The monoisotopic (exact) mass is 476 g/mol. The van der Waals surface area contributed by atoms with Crippen LogP contribution in [0.2, 0.25) is 0 Å². The molecule has 4 heteroatoms. The lowest BCUT2D eigenvalue weighted by Gasteiger charge is -2.46. The van der Waals surface area contributed by atoms with Crippen LogP contribution in [-0.4, -0.2) is 47.1 Å².